The average Bonchev–Trinajstić information content (AvgIpc) is 2.42. The minimum Gasteiger partial charge on any atom is -0.481 e. The molecular formula is C17H24O2. The first-order valence-corrected chi connectivity index (χ1v) is 7.54. The first kappa shape index (κ1) is 14.1. The van der Waals surface area contributed by atoms with E-state index in [9.17, 15) is 9.90 Å². The van der Waals surface area contributed by atoms with Crippen LogP contribution in [0, 0.1) is 5.92 Å². The van der Waals surface area contributed by atoms with Crippen molar-refractivity contribution in [1.82, 2.24) is 0 Å². The van der Waals surface area contributed by atoms with Crippen molar-refractivity contribution >= 4 is 5.97 Å². The molecule has 2 heteroatoms. The zero-order chi connectivity index (χ0) is 13.7. The summed E-state index contributed by atoms with van der Waals surface area (Å²) in [5.41, 5.74) is 2.29. The molecule has 1 atom stereocenters. The lowest BCUT2D eigenvalue weighted by Crippen LogP contribution is -2.23. The van der Waals surface area contributed by atoms with Crippen molar-refractivity contribution in [3.63, 3.8) is 0 Å². The molecule has 104 valence electrons. The Morgan fingerprint density at radius 1 is 1.21 bits per heavy atom. The largest absolute Gasteiger partial charge is 0.481 e. The van der Waals surface area contributed by atoms with Crippen LogP contribution in [0.25, 0.3) is 0 Å². The van der Waals surface area contributed by atoms with E-state index >= 15 is 0 Å². The highest BCUT2D eigenvalue weighted by atomic mass is 16.4. The topological polar surface area (TPSA) is 37.3 Å². The van der Waals surface area contributed by atoms with Gasteiger partial charge >= 0.3 is 5.97 Å². The molecule has 1 unspecified atom stereocenters. The minimum absolute atomic E-state index is 0.309. The van der Waals surface area contributed by atoms with Crippen LogP contribution >= 0.6 is 0 Å². The van der Waals surface area contributed by atoms with E-state index < -0.39 is 5.97 Å². The Labute approximate surface area is 115 Å². The van der Waals surface area contributed by atoms with Crippen LogP contribution in [0.3, 0.4) is 0 Å². The molecule has 1 aromatic carbocycles. The number of hydrogen-bond donors (Lipinski definition) is 1. The highest BCUT2D eigenvalue weighted by Gasteiger charge is 2.30. The summed E-state index contributed by atoms with van der Waals surface area (Å²) in [6.45, 7) is 2.16. The number of carbonyl (C=O) groups is 1. The fourth-order valence-corrected chi connectivity index (χ4v) is 3.26. The van der Waals surface area contributed by atoms with Gasteiger partial charge in [-0.3, -0.25) is 4.79 Å². The third-order valence-electron chi connectivity index (χ3n) is 4.26. The van der Waals surface area contributed by atoms with E-state index in [1.807, 2.05) is 12.1 Å². The second kappa shape index (κ2) is 6.74. The molecule has 0 amide bonds. The fourth-order valence-electron chi connectivity index (χ4n) is 3.26. The Morgan fingerprint density at radius 3 is 2.37 bits per heavy atom. The van der Waals surface area contributed by atoms with Gasteiger partial charge in [0.05, 0.1) is 5.92 Å². The Morgan fingerprint density at radius 2 is 1.84 bits per heavy atom. The van der Waals surface area contributed by atoms with Crippen molar-refractivity contribution in [2.45, 2.75) is 57.8 Å². The van der Waals surface area contributed by atoms with Crippen LogP contribution in [0.5, 0.6) is 0 Å². The van der Waals surface area contributed by atoms with Gasteiger partial charge in [0, 0.05) is 0 Å². The molecule has 19 heavy (non-hydrogen) atoms. The number of carboxylic acid groups (broad SMARTS) is 1. The van der Waals surface area contributed by atoms with Gasteiger partial charge in [-0.15, -0.1) is 0 Å². The van der Waals surface area contributed by atoms with Crippen molar-refractivity contribution in [3.05, 3.63) is 35.4 Å². The smallest absolute Gasteiger partial charge is 0.311 e. The second-order valence-electron chi connectivity index (χ2n) is 5.71. The quantitative estimate of drug-likeness (QED) is 0.852. The van der Waals surface area contributed by atoms with Crippen molar-refractivity contribution < 1.29 is 9.90 Å². The van der Waals surface area contributed by atoms with E-state index in [0.29, 0.717) is 5.92 Å². The second-order valence-corrected chi connectivity index (χ2v) is 5.71. The fraction of sp³-hybridized carbons (Fsp3) is 0.588. The molecule has 1 aliphatic carbocycles. The lowest BCUT2D eigenvalue weighted by atomic mass is 9.76. The molecule has 1 fully saturated rings. The maximum Gasteiger partial charge on any atom is 0.311 e. The van der Waals surface area contributed by atoms with Crippen LogP contribution in [-0.4, -0.2) is 11.1 Å². The van der Waals surface area contributed by atoms with Crippen LogP contribution in [0.15, 0.2) is 24.3 Å². The van der Waals surface area contributed by atoms with Crippen molar-refractivity contribution in [1.29, 1.82) is 0 Å². The van der Waals surface area contributed by atoms with Gasteiger partial charge in [-0.25, -0.2) is 0 Å². The van der Waals surface area contributed by atoms with Crippen LogP contribution in [0.1, 0.15) is 62.5 Å². The number of carboxylic acids is 1. The molecule has 2 rings (SSSR count). The molecule has 0 radical (unpaired) electrons. The van der Waals surface area contributed by atoms with Gasteiger partial charge in [0.1, 0.15) is 0 Å². The summed E-state index contributed by atoms with van der Waals surface area (Å²) in [7, 11) is 0. The lowest BCUT2D eigenvalue weighted by Gasteiger charge is -2.27. The number of aryl methyl sites for hydroxylation is 1. The maximum atomic E-state index is 11.6. The summed E-state index contributed by atoms with van der Waals surface area (Å²) in [6.07, 6.45) is 7.95. The SMILES string of the molecule is CCCc1ccc(C(C(=O)O)C2CCCCC2)cc1. The van der Waals surface area contributed by atoms with Gasteiger partial charge in [-0.1, -0.05) is 56.9 Å². The van der Waals surface area contributed by atoms with E-state index in [-0.39, 0.29) is 5.92 Å². The zero-order valence-corrected chi connectivity index (χ0v) is 11.8. The van der Waals surface area contributed by atoms with Crippen molar-refractivity contribution in [2.75, 3.05) is 0 Å². The Hall–Kier alpha value is -1.31. The minimum atomic E-state index is -0.657. The third kappa shape index (κ3) is 3.59. The Kier molecular flexibility index (Phi) is 5.00. The Bertz CT molecular complexity index is 402. The van der Waals surface area contributed by atoms with E-state index in [1.165, 1.54) is 24.8 Å². The van der Waals surface area contributed by atoms with E-state index in [1.54, 1.807) is 0 Å². The molecule has 1 aromatic rings. The summed E-state index contributed by atoms with van der Waals surface area (Å²) < 4.78 is 0. The van der Waals surface area contributed by atoms with E-state index in [4.69, 9.17) is 0 Å². The van der Waals surface area contributed by atoms with Crippen LogP contribution in [-0.2, 0) is 11.2 Å². The molecule has 1 N–H and O–H groups in total. The molecule has 1 saturated carbocycles. The van der Waals surface area contributed by atoms with Gasteiger partial charge in [-0.05, 0) is 36.3 Å². The predicted octanol–water partition coefficient (Wildman–Crippen LogP) is 4.39. The number of hydrogen-bond acceptors (Lipinski definition) is 1. The van der Waals surface area contributed by atoms with Gasteiger partial charge in [0.2, 0.25) is 0 Å². The molecular weight excluding hydrogens is 236 g/mol. The number of benzene rings is 1. The standard InChI is InChI=1S/C17H24O2/c1-2-6-13-9-11-15(12-10-13)16(17(18)19)14-7-4-3-5-8-14/h9-12,14,16H,2-8H2,1H3,(H,18,19). The summed E-state index contributed by atoms with van der Waals surface area (Å²) in [5.74, 6) is -0.644. The van der Waals surface area contributed by atoms with Crippen molar-refractivity contribution in [3.8, 4) is 0 Å². The summed E-state index contributed by atoms with van der Waals surface area (Å²) >= 11 is 0. The summed E-state index contributed by atoms with van der Waals surface area (Å²) in [4.78, 5) is 11.6. The molecule has 0 saturated heterocycles. The normalized spacial score (nSPS) is 18.2. The first-order chi connectivity index (χ1) is 9.22. The van der Waals surface area contributed by atoms with E-state index in [0.717, 1.165) is 31.2 Å². The predicted molar refractivity (Wildman–Crippen MR) is 77.4 cm³/mol. The molecule has 1 aliphatic rings. The van der Waals surface area contributed by atoms with Crippen molar-refractivity contribution in [2.24, 2.45) is 5.92 Å². The summed E-state index contributed by atoms with van der Waals surface area (Å²) in [5, 5.41) is 9.55. The van der Waals surface area contributed by atoms with Gasteiger partial charge in [0.15, 0.2) is 0 Å². The van der Waals surface area contributed by atoms with Gasteiger partial charge in [0.25, 0.3) is 0 Å². The molecule has 0 bridgehead atoms. The van der Waals surface area contributed by atoms with Gasteiger partial charge < -0.3 is 5.11 Å². The lowest BCUT2D eigenvalue weighted by molar-refractivity contribution is -0.140. The average molecular weight is 260 g/mol. The highest BCUT2D eigenvalue weighted by molar-refractivity contribution is 5.76. The molecule has 0 aromatic heterocycles. The molecule has 0 spiro atoms. The van der Waals surface area contributed by atoms with Gasteiger partial charge in [-0.2, -0.15) is 0 Å². The molecule has 0 heterocycles. The number of rotatable bonds is 5. The van der Waals surface area contributed by atoms with Crippen LogP contribution < -0.4 is 0 Å². The maximum absolute atomic E-state index is 11.6. The first-order valence-electron chi connectivity index (χ1n) is 7.54. The van der Waals surface area contributed by atoms with Crippen LogP contribution in [0.4, 0.5) is 0 Å². The summed E-state index contributed by atoms with van der Waals surface area (Å²) in [6, 6.07) is 8.24. The zero-order valence-electron chi connectivity index (χ0n) is 11.8. The van der Waals surface area contributed by atoms with Crippen LogP contribution in [0.2, 0.25) is 0 Å². The number of aliphatic carboxylic acids is 1. The Balaban J connectivity index is 2.15. The third-order valence-corrected chi connectivity index (χ3v) is 4.26. The molecule has 2 nitrogen and oxygen atoms in total. The molecule has 0 aliphatic heterocycles. The highest BCUT2D eigenvalue weighted by Crippen LogP contribution is 2.36. The monoisotopic (exact) mass is 260 g/mol. The van der Waals surface area contributed by atoms with E-state index in [2.05, 4.69) is 19.1 Å².